The Hall–Kier alpha value is -0.850. The largest absolute Gasteiger partial charge is 0.259 e. The summed E-state index contributed by atoms with van der Waals surface area (Å²) in [5, 5.41) is 0.417. The highest BCUT2D eigenvalue weighted by Crippen LogP contribution is 2.08. The minimum atomic E-state index is 0.417. The lowest BCUT2D eigenvalue weighted by atomic mass is 10.7. The summed E-state index contributed by atoms with van der Waals surface area (Å²) in [5.41, 5.74) is 0. The molecule has 0 saturated heterocycles. The Morgan fingerprint density at radius 1 is 1.38 bits per heavy atom. The number of halogens is 1. The van der Waals surface area contributed by atoms with E-state index >= 15 is 0 Å². The monoisotopic (exact) mass is 230 g/mol. The van der Waals surface area contributed by atoms with Gasteiger partial charge in [-0.3, -0.25) is 4.98 Å². The van der Waals surface area contributed by atoms with Crippen LogP contribution in [0.25, 0.3) is 0 Å². The van der Waals surface area contributed by atoms with E-state index in [1.165, 1.54) is 20.9 Å². The fourth-order valence-corrected chi connectivity index (χ4v) is 2.66. The van der Waals surface area contributed by atoms with E-state index in [4.69, 9.17) is 11.6 Å². The second kappa shape index (κ2) is 3.91. The van der Waals surface area contributed by atoms with Gasteiger partial charge in [0.05, 0.1) is 6.20 Å². The maximum atomic E-state index is 5.76. The maximum absolute atomic E-state index is 5.76. The van der Waals surface area contributed by atoms with Gasteiger partial charge in [0.1, 0.15) is 0 Å². The van der Waals surface area contributed by atoms with E-state index in [0.717, 1.165) is 0 Å². The highest BCUT2D eigenvalue weighted by molar-refractivity contribution is 7.66. The highest BCUT2D eigenvalue weighted by Gasteiger charge is 1.96. The van der Waals surface area contributed by atoms with Crippen molar-refractivity contribution in [3.05, 3.63) is 28.4 Å². The van der Waals surface area contributed by atoms with Gasteiger partial charge in [-0.25, -0.2) is 9.98 Å². The molecule has 0 aromatic carbocycles. The Kier molecular flexibility index (Phi) is 2.62. The maximum Gasteiger partial charge on any atom is 0.179 e. The van der Waals surface area contributed by atoms with Gasteiger partial charge in [-0.15, -0.1) is 0 Å². The number of rotatable bonds is 1. The van der Waals surface area contributed by atoms with Crippen molar-refractivity contribution in [2.45, 2.75) is 0 Å². The van der Waals surface area contributed by atoms with Crippen molar-refractivity contribution in [2.24, 2.45) is 4.99 Å². The molecule has 0 saturated carbocycles. The fourth-order valence-electron chi connectivity index (χ4n) is 0.678. The lowest BCUT2D eigenvalue weighted by Gasteiger charge is -1.86. The first-order chi connectivity index (χ1) is 6.36. The Labute approximate surface area is 86.2 Å². The predicted octanol–water partition coefficient (Wildman–Crippen LogP) is 1.88. The van der Waals surface area contributed by atoms with Gasteiger partial charge in [0.2, 0.25) is 0 Å². The Morgan fingerprint density at radius 2 is 2.31 bits per heavy atom. The zero-order valence-electron chi connectivity index (χ0n) is 6.22. The van der Waals surface area contributed by atoms with Crippen LogP contribution in [0, 0.1) is 0 Å². The number of aromatic nitrogens is 3. The van der Waals surface area contributed by atoms with Crippen LogP contribution in [-0.4, -0.2) is 14.3 Å². The Morgan fingerprint density at radius 3 is 2.92 bits per heavy atom. The summed E-state index contributed by atoms with van der Waals surface area (Å²) < 4.78 is 4.57. The Bertz CT molecular complexity index is 449. The van der Waals surface area contributed by atoms with Crippen molar-refractivity contribution in [1.82, 2.24) is 14.3 Å². The Balaban J connectivity index is 2.48. The fraction of sp³-hybridized carbons (Fsp3) is 0. The minimum Gasteiger partial charge on any atom is -0.259 e. The molecule has 0 spiro atoms. The van der Waals surface area contributed by atoms with Gasteiger partial charge in [-0.2, -0.15) is 4.37 Å². The topological polar surface area (TPSA) is 51.0 Å². The summed E-state index contributed by atoms with van der Waals surface area (Å²) in [7, 11) is 2.71. The first kappa shape index (κ1) is 8.74. The summed E-state index contributed by atoms with van der Waals surface area (Å²) >= 11 is 5.76. The summed E-state index contributed by atoms with van der Waals surface area (Å²) in [5.74, 6) is 0.542. The second-order valence-corrected chi connectivity index (χ2v) is 4.21. The van der Waals surface area contributed by atoms with Crippen molar-refractivity contribution in [3.63, 3.8) is 0 Å². The van der Waals surface area contributed by atoms with E-state index in [1.807, 2.05) is 0 Å². The van der Waals surface area contributed by atoms with Crippen molar-refractivity contribution in [3.8, 4) is 0 Å². The van der Waals surface area contributed by atoms with Gasteiger partial charge < -0.3 is 0 Å². The number of nitrogens with zero attached hydrogens (tertiary/aromatic N) is 4. The first-order valence-electron chi connectivity index (χ1n) is 3.28. The molecule has 0 atom stereocenters. The molecule has 2 aromatic rings. The summed E-state index contributed by atoms with van der Waals surface area (Å²) in [6.45, 7) is 0. The third kappa shape index (κ3) is 2.09. The molecule has 2 rings (SSSR count). The minimum absolute atomic E-state index is 0.417. The standard InChI is InChI=1S/C6H3ClN4S2/c7-5-6(12-13-11-5)10-4-3-8-1-2-9-4/h1-3H. The van der Waals surface area contributed by atoms with Gasteiger partial charge >= 0.3 is 0 Å². The second-order valence-electron chi connectivity index (χ2n) is 2.02. The van der Waals surface area contributed by atoms with Crippen LogP contribution in [0.4, 0.5) is 5.82 Å². The smallest absolute Gasteiger partial charge is 0.179 e. The van der Waals surface area contributed by atoms with Crippen molar-refractivity contribution in [2.75, 3.05) is 0 Å². The lowest BCUT2D eigenvalue weighted by Crippen LogP contribution is -1.93. The molecule has 0 N–H and O–H groups in total. The van der Waals surface area contributed by atoms with E-state index in [2.05, 4.69) is 19.3 Å². The molecular weight excluding hydrogens is 228 g/mol. The van der Waals surface area contributed by atoms with E-state index in [1.54, 1.807) is 18.6 Å². The molecule has 0 radical (unpaired) electrons. The average Bonchev–Trinajstić information content (AvgIpc) is 2.54. The van der Waals surface area contributed by atoms with Crippen molar-refractivity contribution < 1.29 is 0 Å². The molecular formula is C6H3ClN4S2. The summed E-state index contributed by atoms with van der Waals surface area (Å²) in [4.78, 5) is 12.0. The van der Waals surface area contributed by atoms with Gasteiger partial charge in [0.15, 0.2) is 15.6 Å². The summed E-state index contributed by atoms with van der Waals surface area (Å²) in [6.07, 6.45) is 4.74. The number of hydrogen-bond acceptors (Lipinski definition) is 6. The van der Waals surface area contributed by atoms with Crippen LogP contribution in [0.15, 0.2) is 23.6 Å². The van der Waals surface area contributed by atoms with Crippen LogP contribution >= 0.6 is 32.5 Å². The van der Waals surface area contributed by atoms with E-state index in [-0.39, 0.29) is 0 Å². The van der Waals surface area contributed by atoms with Crippen LogP contribution in [0.5, 0.6) is 0 Å². The van der Waals surface area contributed by atoms with Gasteiger partial charge in [-0.1, -0.05) is 11.6 Å². The molecule has 0 amide bonds. The quantitative estimate of drug-likeness (QED) is 0.703. The number of hydrogen-bond donors (Lipinski definition) is 0. The lowest BCUT2D eigenvalue weighted by molar-refractivity contribution is 1.15. The average molecular weight is 231 g/mol. The summed E-state index contributed by atoms with van der Waals surface area (Å²) in [6, 6.07) is 0. The molecule has 7 heteroatoms. The molecule has 2 heterocycles. The first-order valence-corrected chi connectivity index (χ1v) is 5.77. The normalized spacial score (nSPS) is 11.9. The molecule has 0 unspecified atom stereocenters. The SMILES string of the molecule is Clc1nssc1=Nc1cnccn1. The molecule has 4 nitrogen and oxygen atoms in total. The predicted molar refractivity (Wildman–Crippen MR) is 52.3 cm³/mol. The zero-order chi connectivity index (χ0) is 9.10. The van der Waals surface area contributed by atoms with Crippen LogP contribution in [0.2, 0.25) is 5.15 Å². The third-order valence-corrected chi connectivity index (χ3v) is 3.35. The third-order valence-electron chi connectivity index (χ3n) is 1.18. The molecule has 2 aromatic heterocycles. The molecule has 0 aliphatic rings. The van der Waals surface area contributed by atoms with Crippen LogP contribution < -0.4 is 4.67 Å². The molecule has 0 fully saturated rings. The highest BCUT2D eigenvalue weighted by atomic mass is 35.5. The van der Waals surface area contributed by atoms with E-state index < -0.39 is 0 Å². The van der Waals surface area contributed by atoms with Crippen LogP contribution in [-0.2, 0) is 0 Å². The van der Waals surface area contributed by atoms with Crippen molar-refractivity contribution >= 4 is 38.3 Å². The molecule has 0 bridgehead atoms. The van der Waals surface area contributed by atoms with Gasteiger partial charge in [0.25, 0.3) is 0 Å². The molecule has 0 aliphatic carbocycles. The van der Waals surface area contributed by atoms with Crippen LogP contribution in [0.3, 0.4) is 0 Å². The van der Waals surface area contributed by atoms with E-state index in [0.29, 0.717) is 15.6 Å². The molecule has 0 aliphatic heterocycles. The molecule has 66 valence electrons. The van der Waals surface area contributed by atoms with Gasteiger partial charge in [0, 0.05) is 22.9 Å². The zero-order valence-corrected chi connectivity index (χ0v) is 8.60. The molecule has 13 heavy (non-hydrogen) atoms. The van der Waals surface area contributed by atoms with Crippen molar-refractivity contribution in [1.29, 1.82) is 0 Å². The van der Waals surface area contributed by atoms with E-state index in [9.17, 15) is 0 Å². The van der Waals surface area contributed by atoms with Crippen LogP contribution in [0.1, 0.15) is 0 Å². The van der Waals surface area contributed by atoms with Gasteiger partial charge in [-0.05, 0) is 10.3 Å².